The summed E-state index contributed by atoms with van der Waals surface area (Å²) in [5, 5.41) is 2.87. The van der Waals surface area contributed by atoms with E-state index in [-0.39, 0.29) is 42.8 Å². The van der Waals surface area contributed by atoms with Crippen LogP contribution in [0.4, 0.5) is 5.69 Å². The molecule has 3 rings (SSSR count). The second-order valence-corrected chi connectivity index (χ2v) is 10.2. The van der Waals surface area contributed by atoms with Crippen LogP contribution in [-0.4, -0.2) is 47.0 Å². The summed E-state index contributed by atoms with van der Waals surface area (Å²) >= 11 is 0. The van der Waals surface area contributed by atoms with Crippen LogP contribution in [0.1, 0.15) is 37.3 Å². The molecule has 2 aromatic rings. The topological polar surface area (TPSA) is 105 Å². The molecule has 1 aliphatic heterocycles. The lowest BCUT2D eigenvalue weighted by molar-refractivity contribution is -0.126. The van der Waals surface area contributed by atoms with Gasteiger partial charge in [-0.2, -0.15) is 0 Å². The van der Waals surface area contributed by atoms with Gasteiger partial charge in [-0.3, -0.25) is 9.59 Å². The van der Waals surface area contributed by atoms with E-state index in [9.17, 15) is 18.0 Å². The second kappa shape index (κ2) is 12.1. The van der Waals surface area contributed by atoms with E-state index in [0.717, 1.165) is 30.5 Å². The van der Waals surface area contributed by atoms with Crippen molar-refractivity contribution in [3.63, 3.8) is 0 Å². The van der Waals surface area contributed by atoms with Gasteiger partial charge in [0.25, 0.3) is 0 Å². The van der Waals surface area contributed by atoms with Crippen molar-refractivity contribution in [2.75, 3.05) is 31.7 Å². The molecular formula is C25H33N3O5S. The highest BCUT2D eigenvalue weighted by Gasteiger charge is 2.35. The van der Waals surface area contributed by atoms with Crippen LogP contribution >= 0.6 is 0 Å². The van der Waals surface area contributed by atoms with Crippen LogP contribution in [0, 0.1) is 5.92 Å². The summed E-state index contributed by atoms with van der Waals surface area (Å²) in [7, 11) is -2.10. The number of unbranched alkanes of at least 4 members (excludes halogenated alkanes) is 1. The van der Waals surface area contributed by atoms with Crippen molar-refractivity contribution in [1.29, 1.82) is 0 Å². The zero-order chi connectivity index (χ0) is 24.6. The van der Waals surface area contributed by atoms with Gasteiger partial charge >= 0.3 is 0 Å². The van der Waals surface area contributed by atoms with Crippen LogP contribution in [0.3, 0.4) is 0 Å². The zero-order valence-electron chi connectivity index (χ0n) is 19.7. The second-order valence-electron chi connectivity index (χ2n) is 8.43. The largest absolute Gasteiger partial charge is 0.383 e. The fraction of sp³-hybridized carbons (Fsp3) is 0.440. The number of methoxy groups -OCH3 is 1. The molecule has 0 saturated carbocycles. The third-order valence-corrected chi connectivity index (χ3v) is 7.34. The average Bonchev–Trinajstić information content (AvgIpc) is 3.23. The monoisotopic (exact) mass is 487 g/mol. The van der Waals surface area contributed by atoms with Crippen LogP contribution in [-0.2, 0) is 37.3 Å². The molecular weight excluding hydrogens is 454 g/mol. The highest BCUT2D eigenvalue weighted by Crippen LogP contribution is 2.26. The van der Waals surface area contributed by atoms with Gasteiger partial charge in [0, 0.05) is 38.9 Å². The Morgan fingerprint density at radius 2 is 1.76 bits per heavy atom. The Labute approximate surface area is 201 Å². The first-order valence-corrected chi connectivity index (χ1v) is 13.1. The van der Waals surface area contributed by atoms with Gasteiger partial charge in [0.2, 0.25) is 21.8 Å². The summed E-state index contributed by atoms with van der Waals surface area (Å²) in [5.41, 5.74) is 2.83. The molecule has 184 valence electrons. The molecule has 0 radical (unpaired) electrons. The number of aryl methyl sites for hydroxylation is 1. The Kier molecular flexibility index (Phi) is 9.20. The fourth-order valence-electron chi connectivity index (χ4n) is 3.84. The number of sulfonamides is 1. The van der Waals surface area contributed by atoms with Gasteiger partial charge in [-0.15, -0.1) is 0 Å². The molecule has 0 aliphatic carbocycles. The van der Waals surface area contributed by atoms with Crippen molar-refractivity contribution in [2.24, 2.45) is 5.92 Å². The molecule has 2 N–H and O–H groups in total. The van der Waals surface area contributed by atoms with E-state index in [1.807, 2.05) is 24.3 Å². The summed E-state index contributed by atoms with van der Waals surface area (Å²) < 4.78 is 31.8. The molecule has 2 aromatic carbocycles. The molecule has 1 heterocycles. The zero-order valence-corrected chi connectivity index (χ0v) is 20.6. The lowest BCUT2D eigenvalue weighted by Crippen LogP contribution is -2.32. The molecule has 1 fully saturated rings. The standard InChI is InChI=1S/C25H33N3O5S/c1-3-4-5-19-6-10-22(11-7-19)28-18-21(16-24(28)29)25(30)26-17-20-8-12-23(13-9-20)34(31,32)27-14-15-33-2/h6-13,21,27H,3-5,14-18H2,1-2H3,(H,26,30). The molecule has 0 bridgehead atoms. The first kappa shape index (κ1) is 25.9. The van der Waals surface area contributed by atoms with Crippen molar-refractivity contribution < 1.29 is 22.7 Å². The van der Waals surface area contributed by atoms with E-state index in [1.165, 1.54) is 24.8 Å². The van der Waals surface area contributed by atoms with E-state index in [0.29, 0.717) is 6.54 Å². The normalized spacial score (nSPS) is 16.1. The lowest BCUT2D eigenvalue weighted by Gasteiger charge is -2.17. The fourth-order valence-corrected chi connectivity index (χ4v) is 4.85. The molecule has 0 aromatic heterocycles. The Hall–Kier alpha value is -2.75. The highest BCUT2D eigenvalue weighted by atomic mass is 32.2. The quantitative estimate of drug-likeness (QED) is 0.448. The minimum absolute atomic E-state index is 0.0583. The number of rotatable bonds is 12. The summed E-state index contributed by atoms with van der Waals surface area (Å²) in [6.07, 6.45) is 3.47. The molecule has 1 saturated heterocycles. The van der Waals surface area contributed by atoms with Crippen LogP contribution in [0.2, 0.25) is 0 Å². The van der Waals surface area contributed by atoms with E-state index < -0.39 is 15.9 Å². The number of nitrogens with one attached hydrogen (secondary N) is 2. The predicted octanol–water partition coefficient (Wildman–Crippen LogP) is 2.62. The van der Waals surface area contributed by atoms with Crippen molar-refractivity contribution >= 4 is 27.5 Å². The van der Waals surface area contributed by atoms with Gasteiger partial charge in [-0.1, -0.05) is 37.6 Å². The number of hydrogen-bond donors (Lipinski definition) is 2. The number of carbonyl (C=O) groups is 2. The SMILES string of the molecule is CCCCc1ccc(N2CC(C(=O)NCc3ccc(S(=O)(=O)NCCOC)cc3)CC2=O)cc1. The molecule has 0 spiro atoms. The Bertz CT molecular complexity index is 1070. The summed E-state index contributed by atoms with van der Waals surface area (Å²) in [5.74, 6) is -0.665. The van der Waals surface area contributed by atoms with Crippen molar-refractivity contribution in [2.45, 2.75) is 44.0 Å². The van der Waals surface area contributed by atoms with E-state index >= 15 is 0 Å². The minimum atomic E-state index is -3.60. The number of amides is 2. The van der Waals surface area contributed by atoms with Crippen LogP contribution < -0.4 is 14.9 Å². The maximum Gasteiger partial charge on any atom is 0.240 e. The maximum absolute atomic E-state index is 12.7. The summed E-state index contributed by atoms with van der Waals surface area (Å²) in [6, 6.07) is 14.3. The molecule has 8 nitrogen and oxygen atoms in total. The van der Waals surface area contributed by atoms with Crippen LogP contribution in [0.5, 0.6) is 0 Å². The maximum atomic E-state index is 12.7. The van der Waals surface area contributed by atoms with Crippen LogP contribution in [0.25, 0.3) is 0 Å². The molecule has 1 unspecified atom stereocenters. The Balaban J connectivity index is 1.52. The molecule has 9 heteroatoms. The third kappa shape index (κ3) is 6.88. The van der Waals surface area contributed by atoms with Crippen molar-refractivity contribution in [3.05, 3.63) is 59.7 Å². The van der Waals surface area contributed by atoms with Gasteiger partial charge in [-0.25, -0.2) is 13.1 Å². The number of hydrogen-bond acceptors (Lipinski definition) is 5. The first-order valence-electron chi connectivity index (χ1n) is 11.6. The van der Waals surface area contributed by atoms with Crippen LogP contribution in [0.15, 0.2) is 53.4 Å². The number of carbonyl (C=O) groups excluding carboxylic acids is 2. The van der Waals surface area contributed by atoms with Gasteiger partial charge in [0.05, 0.1) is 17.4 Å². The van der Waals surface area contributed by atoms with E-state index in [1.54, 1.807) is 17.0 Å². The number of nitrogens with zero attached hydrogens (tertiary/aromatic N) is 1. The summed E-state index contributed by atoms with van der Waals surface area (Å²) in [4.78, 5) is 27.0. The van der Waals surface area contributed by atoms with Gasteiger partial charge in [-0.05, 0) is 48.2 Å². The first-order chi connectivity index (χ1) is 16.3. The van der Waals surface area contributed by atoms with E-state index in [2.05, 4.69) is 17.0 Å². The van der Waals surface area contributed by atoms with Crippen molar-refractivity contribution in [1.82, 2.24) is 10.0 Å². The predicted molar refractivity (Wildman–Crippen MR) is 131 cm³/mol. The number of anilines is 1. The smallest absolute Gasteiger partial charge is 0.240 e. The van der Waals surface area contributed by atoms with E-state index in [4.69, 9.17) is 4.74 Å². The summed E-state index contributed by atoms with van der Waals surface area (Å²) in [6.45, 7) is 3.24. The number of ether oxygens (including phenoxy) is 1. The number of benzene rings is 2. The Morgan fingerprint density at radius 1 is 1.09 bits per heavy atom. The van der Waals surface area contributed by atoms with Gasteiger partial charge in [0.1, 0.15) is 0 Å². The molecule has 34 heavy (non-hydrogen) atoms. The molecule has 1 atom stereocenters. The molecule has 2 amide bonds. The lowest BCUT2D eigenvalue weighted by atomic mass is 10.1. The Morgan fingerprint density at radius 3 is 2.41 bits per heavy atom. The van der Waals surface area contributed by atoms with Gasteiger partial charge < -0.3 is 15.0 Å². The third-order valence-electron chi connectivity index (χ3n) is 5.86. The van der Waals surface area contributed by atoms with Crippen molar-refractivity contribution in [3.8, 4) is 0 Å². The molecule has 1 aliphatic rings. The highest BCUT2D eigenvalue weighted by molar-refractivity contribution is 7.89. The average molecular weight is 488 g/mol. The van der Waals surface area contributed by atoms with Gasteiger partial charge in [0.15, 0.2) is 0 Å². The minimum Gasteiger partial charge on any atom is -0.383 e.